The molecule has 2 aliphatic heterocycles. The van der Waals surface area contributed by atoms with E-state index >= 15 is 0 Å². The third-order valence-electron chi connectivity index (χ3n) is 4.29. The van der Waals surface area contributed by atoms with Crippen LogP contribution in [0.15, 0.2) is 0 Å². The zero-order valence-electron chi connectivity index (χ0n) is 14.4. The van der Waals surface area contributed by atoms with E-state index < -0.39 is 0 Å². The molecule has 0 radical (unpaired) electrons. The number of hydrogen-bond donors (Lipinski definition) is 2. The summed E-state index contributed by atoms with van der Waals surface area (Å²) in [7, 11) is 0. The zero-order chi connectivity index (χ0) is 17.0. The molecule has 24 heavy (non-hydrogen) atoms. The SMILES string of the molecule is O=C(CCC(=O)NCCN1CCOCC1)NCCN1CCOCC1. The number of ether oxygens (including phenoxy) is 2. The predicted octanol–water partition coefficient (Wildman–Crippen LogP) is -1.34. The molecule has 2 saturated heterocycles. The number of nitrogens with zero attached hydrogens (tertiary/aromatic N) is 2. The number of carbonyl (C=O) groups is 2. The molecule has 2 fully saturated rings. The Bertz CT molecular complexity index is 346. The fourth-order valence-electron chi connectivity index (χ4n) is 2.76. The molecule has 138 valence electrons. The van der Waals surface area contributed by atoms with Gasteiger partial charge >= 0.3 is 0 Å². The molecule has 0 aliphatic carbocycles. The molecule has 0 saturated carbocycles. The highest BCUT2D eigenvalue weighted by atomic mass is 16.5. The maximum atomic E-state index is 11.8. The molecule has 2 amide bonds. The van der Waals surface area contributed by atoms with E-state index in [1.807, 2.05) is 0 Å². The van der Waals surface area contributed by atoms with E-state index in [0.29, 0.717) is 13.1 Å². The van der Waals surface area contributed by atoms with Crippen LogP contribution in [0.1, 0.15) is 12.8 Å². The third-order valence-corrected chi connectivity index (χ3v) is 4.29. The largest absolute Gasteiger partial charge is 0.379 e. The van der Waals surface area contributed by atoms with E-state index in [0.717, 1.165) is 65.7 Å². The van der Waals surface area contributed by atoms with E-state index in [-0.39, 0.29) is 24.7 Å². The lowest BCUT2D eigenvalue weighted by molar-refractivity contribution is -0.126. The molecule has 0 unspecified atom stereocenters. The second-order valence-corrected chi connectivity index (χ2v) is 6.11. The van der Waals surface area contributed by atoms with Crippen molar-refractivity contribution in [2.45, 2.75) is 12.8 Å². The van der Waals surface area contributed by atoms with Crippen molar-refractivity contribution in [2.24, 2.45) is 0 Å². The molecule has 8 heteroatoms. The topological polar surface area (TPSA) is 83.1 Å². The molecule has 2 rings (SSSR count). The minimum absolute atomic E-state index is 0.0633. The van der Waals surface area contributed by atoms with Gasteiger partial charge in [0.1, 0.15) is 0 Å². The minimum atomic E-state index is -0.0633. The number of amides is 2. The van der Waals surface area contributed by atoms with Crippen LogP contribution in [-0.2, 0) is 19.1 Å². The summed E-state index contributed by atoms with van der Waals surface area (Å²) in [6.45, 7) is 9.64. The first kappa shape index (κ1) is 19.1. The van der Waals surface area contributed by atoms with Crippen molar-refractivity contribution >= 4 is 11.8 Å². The summed E-state index contributed by atoms with van der Waals surface area (Å²) in [5.41, 5.74) is 0. The average molecular weight is 342 g/mol. The van der Waals surface area contributed by atoms with Gasteiger partial charge in [-0.05, 0) is 0 Å². The number of carbonyl (C=O) groups excluding carboxylic acids is 2. The second-order valence-electron chi connectivity index (χ2n) is 6.11. The Morgan fingerprint density at radius 2 is 1.08 bits per heavy atom. The van der Waals surface area contributed by atoms with Crippen molar-refractivity contribution in [3.8, 4) is 0 Å². The lowest BCUT2D eigenvalue weighted by atomic mass is 10.2. The fraction of sp³-hybridized carbons (Fsp3) is 0.875. The van der Waals surface area contributed by atoms with Gasteiger partial charge in [-0.1, -0.05) is 0 Å². The maximum Gasteiger partial charge on any atom is 0.220 e. The smallest absolute Gasteiger partial charge is 0.220 e. The van der Waals surface area contributed by atoms with Gasteiger partial charge < -0.3 is 20.1 Å². The van der Waals surface area contributed by atoms with Gasteiger partial charge in [-0.3, -0.25) is 19.4 Å². The van der Waals surface area contributed by atoms with Crippen LogP contribution in [0.3, 0.4) is 0 Å². The Labute approximate surface area is 143 Å². The van der Waals surface area contributed by atoms with Crippen molar-refractivity contribution in [3.05, 3.63) is 0 Å². The molecule has 0 aromatic rings. The highest BCUT2D eigenvalue weighted by Crippen LogP contribution is 1.96. The summed E-state index contributed by atoms with van der Waals surface area (Å²) in [4.78, 5) is 28.0. The Morgan fingerprint density at radius 3 is 1.46 bits per heavy atom. The van der Waals surface area contributed by atoms with Crippen molar-refractivity contribution in [1.82, 2.24) is 20.4 Å². The van der Waals surface area contributed by atoms with Crippen LogP contribution in [0.4, 0.5) is 0 Å². The van der Waals surface area contributed by atoms with Crippen LogP contribution >= 0.6 is 0 Å². The first-order valence-corrected chi connectivity index (χ1v) is 8.87. The maximum absolute atomic E-state index is 11.8. The summed E-state index contributed by atoms with van der Waals surface area (Å²) in [5.74, 6) is -0.127. The second kappa shape index (κ2) is 11.4. The van der Waals surface area contributed by atoms with E-state index in [4.69, 9.17) is 9.47 Å². The summed E-state index contributed by atoms with van der Waals surface area (Å²) in [6, 6.07) is 0. The Hall–Kier alpha value is -1.22. The van der Waals surface area contributed by atoms with Crippen molar-refractivity contribution in [2.75, 3.05) is 78.8 Å². The predicted molar refractivity (Wildman–Crippen MR) is 89.8 cm³/mol. The van der Waals surface area contributed by atoms with Crippen LogP contribution in [0, 0.1) is 0 Å². The molecule has 0 aromatic heterocycles. The monoisotopic (exact) mass is 342 g/mol. The number of morpholine rings is 2. The van der Waals surface area contributed by atoms with Gasteiger partial charge in [0, 0.05) is 65.2 Å². The highest BCUT2D eigenvalue weighted by Gasteiger charge is 2.12. The summed E-state index contributed by atoms with van der Waals surface area (Å²) in [5, 5.41) is 5.74. The molecule has 0 atom stereocenters. The van der Waals surface area contributed by atoms with Crippen molar-refractivity contribution in [3.63, 3.8) is 0 Å². The van der Waals surface area contributed by atoms with Gasteiger partial charge in [0.05, 0.1) is 26.4 Å². The molecule has 2 N–H and O–H groups in total. The molecule has 0 aromatic carbocycles. The highest BCUT2D eigenvalue weighted by molar-refractivity contribution is 5.83. The molecule has 2 aliphatic rings. The molecule has 0 spiro atoms. The van der Waals surface area contributed by atoms with Crippen molar-refractivity contribution in [1.29, 1.82) is 0 Å². The first-order valence-electron chi connectivity index (χ1n) is 8.87. The molecular formula is C16H30N4O4. The van der Waals surface area contributed by atoms with Gasteiger partial charge in [-0.2, -0.15) is 0 Å². The zero-order valence-corrected chi connectivity index (χ0v) is 14.4. The van der Waals surface area contributed by atoms with Gasteiger partial charge in [-0.25, -0.2) is 0 Å². The number of hydrogen-bond acceptors (Lipinski definition) is 6. The normalized spacial score (nSPS) is 19.8. The number of nitrogens with one attached hydrogen (secondary N) is 2. The lowest BCUT2D eigenvalue weighted by Crippen LogP contribution is -2.42. The van der Waals surface area contributed by atoms with Crippen LogP contribution in [0.25, 0.3) is 0 Å². The standard InChI is InChI=1S/C16H30N4O4/c21-15(17-3-5-19-7-11-23-12-8-19)1-2-16(22)18-4-6-20-9-13-24-14-10-20/h1-14H2,(H,17,21)(H,18,22). The molecular weight excluding hydrogens is 312 g/mol. The molecule has 2 heterocycles. The Kier molecular flexibility index (Phi) is 9.04. The van der Waals surface area contributed by atoms with E-state index in [2.05, 4.69) is 20.4 Å². The average Bonchev–Trinajstić information content (AvgIpc) is 2.62. The van der Waals surface area contributed by atoms with Gasteiger partial charge in [-0.15, -0.1) is 0 Å². The fourth-order valence-corrected chi connectivity index (χ4v) is 2.76. The molecule has 8 nitrogen and oxygen atoms in total. The van der Waals surface area contributed by atoms with E-state index in [9.17, 15) is 9.59 Å². The lowest BCUT2D eigenvalue weighted by Gasteiger charge is -2.26. The summed E-state index contributed by atoms with van der Waals surface area (Å²) in [6.07, 6.45) is 0.485. The van der Waals surface area contributed by atoms with Gasteiger partial charge in [0.15, 0.2) is 0 Å². The summed E-state index contributed by atoms with van der Waals surface area (Å²) >= 11 is 0. The van der Waals surface area contributed by atoms with Gasteiger partial charge in [0.25, 0.3) is 0 Å². The van der Waals surface area contributed by atoms with Crippen molar-refractivity contribution < 1.29 is 19.1 Å². The van der Waals surface area contributed by atoms with E-state index in [1.165, 1.54) is 0 Å². The first-order chi connectivity index (χ1) is 11.7. The Morgan fingerprint density at radius 1 is 0.708 bits per heavy atom. The quantitative estimate of drug-likeness (QED) is 0.540. The van der Waals surface area contributed by atoms with Gasteiger partial charge in [0.2, 0.25) is 11.8 Å². The molecule has 0 bridgehead atoms. The van der Waals surface area contributed by atoms with Crippen LogP contribution in [0.5, 0.6) is 0 Å². The summed E-state index contributed by atoms with van der Waals surface area (Å²) < 4.78 is 10.6. The van der Waals surface area contributed by atoms with Crippen LogP contribution < -0.4 is 10.6 Å². The number of rotatable bonds is 9. The van der Waals surface area contributed by atoms with Crippen LogP contribution in [0.2, 0.25) is 0 Å². The Balaban J connectivity index is 1.44. The van der Waals surface area contributed by atoms with E-state index in [1.54, 1.807) is 0 Å². The third kappa shape index (κ3) is 8.05. The van der Waals surface area contributed by atoms with Crippen LogP contribution in [-0.4, -0.2) is 100 Å². The minimum Gasteiger partial charge on any atom is -0.379 e.